The summed E-state index contributed by atoms with van der Waals surface area (Å²) < 4.78 is 5.56. The summed E-state index contributed by atoms with van der Waals surface area (Å²) in [5, 5.41) is 7.02. The number of nitrogens with zero attached hydrogens (tertiary/aromatic N) is 3. The molecular weight excluding hydrogens is 453 g/mol. The molecule has 0 bridgehead atoms. The van der Waals surface area contributed by atoms with Gasteiger partial charge in [-0.2, -0.15) is 0 Å². The highest BCUT2D eigenvalue weighted by molar-refractivity contribution is 14.0. The highest BCUT2D eigenvalue weighted by Crippen LogP contribution is 2.20. The Morgan fingerprint density at radius 3 is 2.37 bits per heavy atom. The molecule has 2 rings (SSSR count). The van der Waals surface area contributed by atoms with E-state index in [0.717, 1.165) is 57.8 Å². The second-order valence-corrected chi connectivity index (χ2v) is 7.81. The van der Waals surface area contributed by atoms with Gasteiger partial charge in [-0.05, 0) is 38.8 Å². The van der Waals surface area contributed by atoms with Gasteiger partial charge in [-0.15, -0.1) is 24.0 Å². The van der Waals surface area contributed by atoms with Gasteiger partial charge in [0.05, 0.1) is 19.8 Å². The number of hydrogen-bond donors (Lipinski definition) is 2. The van der Waals surface area contributed by atoms with E-state index in [1.807, 2.05) is 0 Å². The van der Waals surface area contributed by atoms with Crippen LogP contribution >= 0.6 is 24.0 Å². The van der Waals surface area contributed by atoms with Crippen molar-refractivity contribution in [3.8, 4) is 0 Å². The highest BCUT2D eigenvalue weighted by Gasteiger charge is 2.27. The smallest absolute Gasteiger partial charge is 0.191 e. The van der Waals surface area contributed by atoms with Crippen LogP contribution in [0.1, 0.15) is 40.0 Å². The lowest BCUT2D eigenvalue weighted by Crippen LogP contribution is -2.49. The lowest BCUT2D eigenvalue weighted by atomic mass is 9.92. The molecule has 0 aliphatic carbocycles. The second kappa shape index (κ2) is 14.0. The van der Waals surface area contributed by atoms with E-state index in [0.29, 0.717) is 12.0 Å². The molecule has 2 unspecified atom stereocenters. The van der Waals surface area contributed by atoms with E-state index in [9.17, 15) is 0 Å². The molecule has 0 aromatic carbocycles. The Bertz CT molecular complexity index is 413. The molecule has 0 spiro atoms. The summed E-state index contributed by atoms with van der Waals surface area (Å²) in [5.41, 5.74) is 0. The summed E-state index contributed by atoms with van der Waals surface area (Å²) in [6.45, 7) is 15.7. The van der Waals surface area contributed by atoms with Crippen molar-refractivity contribution in [3.05, 3.63) is 0 Å². The number of nitrogens with one attached hydrogen (secondary N) is 2. The Hall–Kier alpha value is -0.120. The van der Waals surface area contributed by atoms with E-state index < -0.39 is 0 Å². The van der Waals surface area contributed by atoms with Crippen LogP contribution in [0.15, 0.2) is 4.99 Å². The van der Waals surface area contributed by atoms with Crippen molar-refractivity contribution in [1.82, 2.24) is 20.4 Å². The standard InChI is InChI=1S/C20H41N5O.HI/c1-5-18(6-2)19(25-10-12-26-13-11-25)15-23-20(21-7-3)22-14-17-8-9-24(4)16-17;/h17-19H,5-16H2,1-4H3,(H2,21,22,23);1H. The van der Waals surface area contributed by atoms with Crippen LogP contribution in [0.4, 0.5) is 0 Å². The molecule has 0 amide bonds. The summed E-state index contributed by atoms with van der Waals surface area (Å²) in [6, 6.07) is 0.516. The van der Waals surface area contributed by atoms with Gasteiger partial charge in [0.1, 0.15) is 0 Å². The third-order valence-corrected chi connectivity index (χ3v) is 5.94. The highest BCUT2D eigenvalue weighted by atomic mass is 127. The molecule has 0 aromatic rings. The van der Waals surface area contributed by atoms with Crippen molar-refractivity contribution in [2.75, 3.05) is 66.1 Å². The molecule has 6 nitrogen and oxygen atoms in total. The van der Waals surface area contributed by atoms with Crippen molar-refractivity contribution in [3.63, 3.8) is 0 Å². The number of morpholine rings is 1. The summed E-state index contributed by atoms with van der Waals surface area (Å²) in [4.78, 5) is 10.00. The Kier molecular flexibility index (Phi) is 12.9. The van der Waals surface area contributed by atoms with Gasteiger partial charge in [0.25, 0.3) is 0 Å². The van der Waals surface area contributed by atoms with Gasteiger partial charge in [-0.3, -0.25) is 9.89 Å². The van der Waals surface area contributed by atoms with Crippen LogP contribution in [0, 0.1) is 11.8 Å². The van der Waals surface area contributed by atoms with E-state index in [4.69, 9.17) is 9.73 Å². The number of aliphatic imine (C=N–C) groups is 1. The summed E-state index contributed by atoms with van der Waals surface area (Å²) in [6.07, 6.45) is 3.71. The van der Waals surface area contributed by atoms with Gasteiger partial charge in [0.15, 0.2) is 5.96 Å². The maximum Gasteiger partial charge on any atom is 0.191 e. The minimum Gasteiger partial charge on any atom is -0.379 e. The molecule has 160 valence electrons. The minimum absolute atomic E-state index is 0. The Labute approximate surface area is 183 Å². The van der Waals surface area contributed by atoms with Crippen molar-refractivity contribution >= 4 is 29.9 Å². The zero-order valence-electron chi connectivity index (χ0n) is 17.9. The van der Waals surface area contributed by atoms with Crippen LogP contribution in [0.2, 0.25) is 0 Å². The molecule has 0 aromatic heterocycles. The first kappa shape index (κ1) is 24.9. The van der Waals surface area contributed by atoms with Crippen LogP contribution in [0.3, 0.4) is 0 Å². The molecule has 2 aliphatic heterocycles. The number of likely N-dealkylation sites (tertiary alicyclic amines) is 1. The predicted molar refractivity (Wildman–Crippen MR) is 125 cm³/mol. The van der Waals surface area contributed by atoms with Gasteiger partial charge < -0.3 is 20.3 Å². The first-order valence-electron chi connectivity index (χ1n) is 10.7. The van der Waals surface area contributed by atoms with Gasteiger partial charge >= 0.3 is 0 Å². The molecule has 2 fully saturated rings. The van der Waals surface area contributed by atoms with Crippen LogP contribution in [0.5, 0.6) is 0 Å². The van der Waals surface area contributed by atoms with Gasteiger partial charge in [0, 0.05) is 38.8 Å². The summed E-state index contributed by atoms with van der Waals surface area (Å²) in [5.74, 6) is 2.41. The fraction of sp³-hybridized carbons (Fsp3) is 0.950. The molecule has 0 saturated carbocycles. The number of guanidine groups is 1. The van der Waals surface area contributed by atoms with E-state index in [1.165, 1.54) is 32.4 Å². The van der Waals surface area contributed by atoms with Gasteiger partial charge in [-0.25, -0.2) is 0 Å². The summed E-state index contributed by atoms with van der Waals surface area (Å²) in [7, 11) is 2.21. The third kappa shape index (κ3) is 8.41. The Balaban J connectivity index is 0.00000364. The van der Waals surface area contributed by atoms with Crippen molar-refractivity contribution in [2.24, 2.45) is 16.8 Å². The molecule has 2 atom stereocenters. The van der Waals surface area contributed by atoms with E-state index in [-0.39, 0.29) is 24.0 Å². The monoisotopic (exact) mass is 495 g/mol. The maximum atomic E-state index is 5.56. The maximum absolute atomic E-state index is 5.56. The van der Waals surface area contributed by atoms with E-state index in [1.54, 1.807) is 0 Å². The summed E-state index contributed by atoms with van der Waals surface area (Å²) >= 11 is 0. The molecule has 7 heteroatoms. The van der Waals surface area contributed by atoms with E-state index >= 15 is 0 Å². The lowest BCUT2D eigenvalue weighted by molar-refractivity contribution is 0.00395. The zero-order valence-corrected chi connectivity index (χ0v) is 20.2. The first-order valence-corrected chi connectivity index (χ1v) is 10.7. The number of ether oxygens (including phenoxy) is 1. The van der Waals surface area contributed by atoms with E-state index in [2.05, 4.69) is 48.3 Å². The van der Waals surface area contributed by atoms with Crippen molar-refractivity contribution in [2.45, 2.75) is 46.1 Å². The number of halogens is 1. The van der Waals surface area contributed by atoms with Crippen molar-refractivity contribution < 1.29 is 4.74 Å². The molecular formula is C20H42IN5O. The third-order valence-electron chi connectivity index (χ3n) is 5.94. The average Bonchev–Trinajstić information content (AvgIpc) is 3.09. The van der Waals surface area contributed by atoms with Crippen molar-refractivity contribution in [1.29, 1.82) is 0 Å². The molecule has 2 N–H and O–H groups in total. The topological polar surface area (TPSA) is 52.1 Å². The zero-order chi connectivity index (χ0) is 18.8. The second-order valence-electron chi connectivity index (χ2n) is 7.81. The Morgan fingerprint density at radius 1 is 1.11 bits per heavy atom. The lowest BCUT2D eigenvalue weighted by Gasteiger charge is -2.38. The largest absolute Gasteiger partial charge is 0.379 e. The van der Waals surface area contributed by atoms with Crippen LogP contribution < -0.4 is 10.6 Å². The van der Waals surface area contributed by atoms with Crippen LogP contribution in [-0.2, 0) is 4.74 Å². The molecule has 2 aliphatic rings. The van der Waals surface area contributed by atoms with Gasteiger partial charge in [-0.1, -0.05) is 26.7 Å². The van der Waals surface area contributed by atoms with Crippen LogP contribution in [-0.4, -0.2) is 87.9 Å². The Morgan fingerprint density at radius 2 is 1.81 bits per heavy atom. The number of rotatable bonds is 9. The normalized spacial score (nSPS) is 23.3. The fourth-order valence-corrected chi connectivity index (χ4v) is 4.27. The molecule has 0 radical (unpaired) electrons. The van der Waals surface area contributed by atoms with Gasteiger partial charge in [0.2, 0.25) is 0 Å². The molecule has 2 saturated heterocycles. The molecule has 2 heterocycles. The minimum atomic E-state index is 0. The fourth-order valence-electron chi connectivity index (χ4n) is 4.27. The molecule has 27 heavy (non-hydrogen) atoms. The predicted octanol–water partition coefficient (Wildman–Crippen LogP) is 2.25. The first-order chi connectivity index (χ1) is 12.7. The quantitative estimate of drug-likeness (QED) is 0.292. The average molecular weight is 495 g/mol. The SMILES string of the molecule is CCNC(=NCC(C(CC)CC)N1CCOCC1)NCC1CCN(C)C1.I. The number of hydrogen-bond acceptors (Lipinski definition) is 4. The van der Waals surface area contributed by atoms with Crippen LogP contribution in [0.25, 0.3) is 0 Å².